The lowest BCUT2D eigenvalue weighted by Gasteiger charge is -2.31. The van der Waals surface area contributed by atoms with Gasteiger partial charge in [0.2, 0.25) is 0 Å². The Morgan fingerprint density at radius 1 is 1.00 bits per heavy atom. The number of halogens is 1. The van der Waals surface area contributed by atoms with Crippen LogP contribution in [-0.4, -0.2) is 29.7 Å². The van der Waals surface area contributed by atoms with Crippen molar-refractivity contribution in [2.75, 3.05) is 19.5 Å². The molecule has 2 aliphatic rings. The fourth-order valence-electron chi connectivity index (χ4n) is 5.52. The second-order valence-corrected chi connectivity index (χ2v) is 10.9. The number of hydrogen-bond donors (Lipinski definition) is 1. The first-order chi connectivity index (χ1) is 18.1. The molecule has 2 aromatic heterocycles. The monoisotopic (exact) mass is 533 g/mol. The number of nitrogens with one attached hydrogen (secondary N) is 1. The van der Waals surface area contributed by atoms with E-state index in [1.165, 1.54) is 33.8 Å². The van der Waals surface area contributed by atoms with Crippen molar-refractivity contribution < 1.29 is 14.3 Å². The van der Waals surface area contributed by atoms with Crippen molar-refractivity contribution in [3.63, 3.8) is 0 Å². The number of anilines is 1. The van der Waals surface area contributed by atoms with Crippen molar-refractivity contribution in [1.82, 2.24) is 9.47 Å². The number of nitrogens with zero attached hydrogens (tertiary/aromatic N) is 2. The Kier molecular flexibility index (Phi) is 6.34. The van der Waals surface area contributed by atoms with Gasteiger partial charge in [0, 0.05) is 33.4 Å². The third-order valence-electron chi connectivity index (χ3n) is 7.24. The maximum absolute atomic E-state index is 14.1. The van der Waals surface area contributed by atoms with Crippen LogP contribution in [0.15, 0.2) is 60.8 Å². The van der Waals surface area contributed by atoms with Crippen LogP contribution in [0.25, 0.3) is 5.00 Å². The minimum Gasteiger partial charge on any atom is -0.493 e. The van der Waals surface area contributed by atoms with Gasteiger partial charge in [-0.2, -0.15) is 0 Å². The number of aromatic nitrogens is 1. The van der Waals surface area contributed by atoms with E-state index in [-0.39, 0.29) is 12.1 Å². The van der Waals surface area contributed by atoms with Crippen LogP contribution in [0, 0.1) is 0 Å². The highest BCUT2D eigenvalue weighted by molar-refractivity contribution is 7.15. The van der Waals surface area contributed by atoms with Crippen LogP contribution in [0.2, 0.25) is 5.02 Å². The minimum absolute atomic E-state index is 0.187. The van der Waals surface area contributed by atoms with Gasteiger partial charge in [0.15, 0.2) is 11.5 Å². The molecular weight excluding hydrogens is 506 g/mol. The van der Waals surface area contributed by atoms with Crippen LogP contribution in [-0.2, 0) is 19.4 Å². The number of hydrogen-bond acceptors (Lipinski definition) is 4. The fraction of sp³-hybridized carbons (Fsp3) is 0.276. The minimum atomic E-state index is -0.312. The Bertz CT molecular complexity index is 1480. The lowest BCUT2D eigenvalue weighted by molar-refractivity contribution is 0.194. The molecule has 8 heteroatoms. The van der Waals surface area contributed by atoms with Gasteiger partial charge in [-0.25, -0.2) is 4.79 Å². The molecule has 1 aliphatic carbocycles. The number of carbonyl (C=O) groups excluding carboxylic acids is 1. The number of ether oxygens (including phenoxy) is 2. The van der Waals surface area contributed by atoms with E-state index in [1.807, 2.05) is 46.6 Å². The van der Waals surface area contributed by atoms with Crippen molar-refractivity contribution in [1.29, 1.82) is 0 Å². The molecule has 0 fully saturated rings. The lowest BCUT2D eigenvalue weighted by Crippen LogP contribution is -2.38. The van der Waals surface area contributed by atoms with E-state index in [0.717, 1.165) is 24.1 Å². The van der Waals surface area contributed by atoms with Gasteiger partial charge in [-0.1, -0.05) is 23.7 Å². The van der Waals surface area contributed by atoms with Crippen molar-refractivity contribution in [2.45, 2.75) is 38.3 Å². The number of rotatable bonds is 4. The second-order valence-electron chi connectivity index (χ2n) is 9.38. The van der Waals surface area contributed by atoms with Gasteiger partial charge in [0.05, 0.1) is 32.5 Å². The lowest BCUT2D eigenvalue weighted by atomic mass is 9.95. The fourth-order valence-corrected chi connectivity index (χ4v) is 7.13. The summed E-state index contributed by atoms with van der Waals surface area (Å²) in [7, 11) is 3.18. The molecule has 6 rings (SSSR count). The molecule has 0 saturated heterocycles. The third kappa shape index (κ3) is 4.26. The standard InChI is InChI=1S/C29H28ClN3O3S/c1-35-24-13-12-20(16-25(24)36-2)31-29(34)33-17-22-21-9-3-4-11-26(21)37-28(22)32-14-6-10-23(32)27(33)18-7-5-8-19(30)15-18/h5-8,10,12-16,27H,3-4,9,11,17H2,1-2H3,(H,31,34)/t27-/m0/s1. The molecule has 3 heterocycles. The quantitative estimate of drug-likeness (QED) is 0.301. The number of benzene rings is 2. The largest absolute Gasteiger partial charge is 0.493 e. The number of methoxy groups -OCH3 is 2. The maximum atomic E-state index is 14.1. The summed E-state index contributed by atoms with van der Waals surface area (Å²) in [4.78, 5) is 17.5. The Hall–Kier alpha value is -3.42. The number of amides is 2. The van der Waals surface area contributed by atoms with Crippen LogP contribution in [0.4, 0.5) is 10.5 Å². The van der Waals surface area contributed by atoms with Gasteiger partial charge in [-0.15, -0.1) is 11.3 Å². The summed E-state index contributed by atoms with van der Waals surface area (Å²) in [5, 5.41) is 4.99. The van der Waals surface area contributed by atoms with E-state index in [0.29, 0.717) is 28.8 Å². The summed E-state index contributed by atoms with van der Waals surface area (Å²) < 4.78 is 13.1. The summed E-state index contributed by atoms with van der Waals surface area (Å²) >= 11 is 8.31. The smallest absolute Gasteiger partial charge is 0.322 e. The van der Waals surface area contributed by atoms with Crippen molar-refractivity contribution in [3.05, 3.63) is 93.1 Å². The highest BCUT2D eigenvalue weighted by Crippen LogP contribution is 2.44. The predicted octanol–water partition coefficient (Wildman–Crippen LogP) is 7.23. The average molecular weight is 534 g/mol. The normalized spacial score (nSPS) is 16.3. The first kappa shape index (κ1) is 23.9. The number of aryl methyl sites for hydroxylation is 1. The zero-order valence-electron chi connectivity index (χ0n) is 20.8. The van der Waals surface area contributed by atoms with E-state index < -0.39 is 0 Å². The molecule has 1 N–H and O–H groups in total. The van der Waals surface area contributed by atoms with Crippen LogP contribution in [0.5, 0.6) is 11.5 Å². The summed E-state index contributed by atoms with van der Waals surface area (Å²) in [5.74, 6) is 1.17. The van der Waals surface area contributed by atoms with Gasteiger partial charge in [-0.05, 0) is 73.2 Å². The van der Waals surface area contributed by atoms with Crippen molar-refractivity contribution >= 4 is 34.7 Å². The zero-order valence-corrected chi connectivity index (χ0v) is 22.4. The molecule has 4 aromatic rings. The van der Waals surface area contributed by atoms with E-state index in [4.69, 9.17) is 21.1 Å². The molecule has 0 bridgehead atoms. The highest BCUT2D eigenvalue weighted by Gasteiger charge is 2.36. The van der Waals surface area contributed by atoms with Crippen LogP contribution in [0.1, 0.15) is 46.1 Å². The molecule has 37 heavy (non-hydrogen) atoms. The molecule has 2 aromatic carbocycles. The topological polar surface area (TPSA) is 55.7 Å². The number of carbonyl (C=O) groups is 1. The van der Waals surface area contributed by atoms with Crippen LogP contribution in [0.3, 0.4) is 0 Å². The molecule has 0 spiro atoms. The summed E-state index contributed by atoms with van der Waals surface area (Å²) in [6, 6.07) is 16.9. The molecular formula is C29H28ClN3O3S. The Morgan fingerprint density at radius 3 is 2.65 bits per heavy atom. The van der Waals surface area contributed by atoms with E-state index in [2.05, 4.69) is 28.2 Å². The van der Waals surface area contributed by atoms with Gasteiger partial charge in [0.25, 0.3) is 0 Å². The summed E-state index contributed by atoms with van der Waals surface area (Å²) in [5.41, 5.74) is 5.33. The number of urea groups is 1. The van der Waals surface area contributed by atoms with Gasteiger partial charge >= 0.3 is 6.03 Å². The third-order valence-corrected chi connectivity index (χ3v) is 8.81. The predicted molar refractivity (Wildman–Crippen MR) is 148 cm³/mol. The first-order valence-corrected chi connectivity index (χ1v) is 13.6. The molecule has 6 nitrogen and oxygen atoms in total. The van der Waals surface area contributed by atoms with Gasteiger partial charge in [0.1, 0.15) is 5.00 Å². The van der Waals surface area contributed by atoms with Crippen LogP contribution >= 0.6 is 22.9 Å². The molecule has 190 valence electrons. The molecule has 1 aliphatic heterocycles. The number of thiophene rings is 1. The van der Waals surface area contributed by atoms with Crippen molar-refractivity contribution in [3.8, 4) is 16.5 Å². The molecule has 1 atom stereocenters. The van der Waals surface area contributed by atoms with E-state index in [1.54, 1.807) is 26.4 Å². The molecule has 0 saturated carbocycles. The Morgan fingerprint density at radius 2 is 1.84 bits per heavy atom. The SMILES string of the molecule is COc1ccc(NC(=O)N2Cc3c(sc4c3CCCC4)-n3cccc3[C@@H]2c2cccc(Cl)c2)cc1OC. The van der Waals surface area contributed by atoms with Gasteiger partial charge in [-0.3, -0.25) is 0 Å². The first-order valence-electron chi connectivity index (χ1n) is 12.4. The summed E-state index contributed by atoms with van der Waals surface area (Å²) in [6.45, 7) is 0.513. The maximum Gasteiger partial charge on any atom is 0.322 e. The second kappa shape index (κ2) is 9.80. The Balaban J connectivity index is 1.47. The molecule has 0 unspecified atom stereocenters. The van der Waals surface area contributed by atoms with E-state index >= 15 is 0 Å². The van der Waals surface area contributed by atoms with Crippen molar-refractivity contribution in [2.24, 2.45) is 0 Å². The van der Waals surface area contributed by atoms with Gasteiger partial charge < -0.3 is 24.3 Å². The van der Waals surface area contributed by atoms with E-state index in [9.17, 15) is 4.79 Å². The number of fused-ring (bicyclic) bond motifs is 5. The highest BCUT2D eigenvalue weighted by atomic mass is 35.5. The molecule has 0 radical (unpaired) electrons. The van der Waals surface area contributed by atoms with Crippen LogP contribution < -0.4 is 14.8 Å². The zero-order chi connectivity index (χ0) is 25.5. The molecule has 2 amide bonds. The average Bonchev–Trinajstić information content (AvgIpc) is 3.50. The Labute approximate surface area is 225 Å². The summed E-state index contributed by atoms with van der Waals surface area (Å²) in [6.07, 6.45) is 6.69.